The Kier molecular flexibility index (Phi) is 4.76. The Balaban J connectivity index is 1.81. The lowest BCUT2D eigenvalue weighted by Crippen LogP contribution is -2.32. The van der Waals surface area contributed by atoms with Gasteiger partial charge in [0.25, 0.3) is 0 Å². The largest absolute Gasteiger partial charge is 0.494 e. The van der Waals surface area contributed by atoms with E-state index in [9.17, 15) is 4.79 Å². The first-order valence-electron chi connectivity index (χ1n) is 6.59. The summed E-state index contributed by atoms with van der Waals surface area (Å²) in [5, 5.41) is 0. The Morgan fingerprint density at radius 2 is 2.05 bits per heavy atom. The first-order chi connectivity index (χ1) is 9.17. The van der Waals surface area contributed by atoms with Gasteiger partial charge in [-0.1, -0.05) is 0 Å². The molecule has 19 heavy (non-hydrogen) atoms. The highest BCUT2D eigenvalue weighted by molar-refractivity contribution is 5.74. The zero-order valence-corrected chi connectivity index (χ0v) is 11.2. The van der Waals surface area contributed by atoms with Crippen LogP contribution >= 0.6 is 0 Å². The van der Waals surface area contributed by atoms with Gasteiger partial charge in [0.1, 0.15) is 11.5 Å². The van der Waals surface area contributed by atoms with Gasteiger partial charge < -0.3 is 15.2 Å². The third kappa shape index (κ3) is 4.22. The van der Waals surface area contributed by atoms with E-state index in [1.54, 1.807) is 24.3 Å². The van der Waals surface area contributed by atoms with Gasteiger partial charge in [-0.2, -0.15) is 0 Å². The van der Waals surface area contributed by atoms with Crippen LogP contribution in [-0.4, -0.2) is 43.2 Å². The van der Waals surface area contributed by atoms with Gasteiger partial charge in [0, 0.05) is 19.1 Å². The first-order valence-corrected chi connectivity index (χ1v) is 6.59. The van der Waals surface area contributed by atoms with Crippen LogP contribution in [0.4, 0.5) is 0 Å². The molecule has 0 amide bonds. The summed E-state index contributed by atoms with van der Waals surface area (Å²) in [6.45, 7) is 4.46. The fraction of sp³-hybridized carbons (Fsp3) is 0.500. The normalized spacial score (nSPS) is 19.4. The van der Waals surface area contributed by atoms with E-state index in [4.69, 9.17) is 15.2 Å². The number of nitrogens with zero attached hydrogens (tertiary/aromatic N) is 1. The Labute approximate surface area is 113 Å². The maximum atomic E-state index is 11.7. The van der Waals surface area contributed by atoms with Crippen LogP contribution in [0.2, 0.25) is 0 Å². The number of nitrogens with two attached hydrogens (primary N) is 1. The molecule has 5 heteroatoms. The molecule has 1 saturated heterocycles. The van der Waals surface area contributed by atoms with Gasteiger partial charge >= 0.3 is 5.97 Å². The zero-order chi connectivity index (χ0) is 13.7. The van der Waals surface area contributed by atoms with Crippen LogP contribution in [0.15, 0.2) is 24.3 Å². The van der Waals surface area contributed by atoms with Gasteiger partial charge in [-0.05, 0) is 37.6 Å². The van der Waals surface area contributed by atoms with Crippen LogP contribution in [0.25, 0.3) is 0 Å². The van der Waals surface area contributed by atoms with Gasteiger partial charge in [-0.3, -0.25) is 9.69 Å². The molecule has 0 radical (unpaired) electrons. The number of rotatable bonds is 5. The van der Waals surface area contributed by atoms with Crippen molar-refractivity contribution in [1.29, 1.82) is 0 Å². The molecule has 5 nitrogen and oxygen atoms in total. The second kappa shape index (κ2) is 6.54. The van der Waals surface area contributed by atoms with E-state index in [1.165, 1.54) is 0 Å². The first kappa shape index (κ1) is 13.8. The van der Waals surface area contributed by atoms with E-state index in [2.05, 4.69) is 0 Å². The van der Waals surface area contributed by atoms with Crippen molar-refractivity contribution in [2.24, 2.45) is 5.73 Å². The summed E-state index contributed by atoms with van der Waals surface area (Å²) in [6, 6.07) is 7.23. The van der Waals surface area contributed by atoms with Crippen LogP contribution in [0.1, 0.15) is 13.3 Å². The van der Waals surface area contributed by atoms with Gasteiger partial charge in [-0.25, -0.2) is 0 Å². The number of likely N-dealkylation sites (tertiary alicyclic amines) is 1. The summed E-state index contributed by atoms with van der Waals surface area (Å²) >= 11 is 0. The predicted molar refractivity (Wildman–Crippen MR) is 72.3 cm³/mol. The summed E-state index contributed by atoms with van der Waals surface area (Å²) in [4.78, 5) is 13.8. The molecule has 1 fully saturated rings. The van der Waals surface area contributed by atoms with E-state index in [1.807, 2.05) is 11.8 Å². The highest BCUT2D eigenvalue weighted by Gasteiger charge is 2.21. The van der Waals surface area contributed by atoms with Gasteiger partial charge in [0.15, 0.2) is 0 Å². The summed E-state index contributed by atoms with van der Waals surface area (Å²) in [5.41, 5.74) is 5.79. The molecule has 1 atom stereocenters. The molecule has 1 heterocycles. The standard InChI is InChI=1S/C14H20N2O3/c1-2-18-12-3-5-13(6-4-12)19-14(17)10-16-8-7-11(15)9-16/h3-6,11H,2,7-10,15H2,1H3/t11-/m1/s1. The molecule has 0 spiro atoms. The fourth-order valence-corrected chi connectivity index (χ4v) is 2.12. The molecule has 0 aromatic heterocycles. The van der Waals surface area contributed by atoms with Crippen LogP contribution in [0.3, 0.4) is 0 Å². The van der Waals surface area contributed by atoms with Gasteiger partial charge in [-0.15, -0.1) is 0 Å². The van der Waals surface area contributed by atoms with Crippen molar-refractivity contribution in [3.05, 3.63) is 24.3 Å². The van der Waals surface area contributed by atoms with Crippen molar-refractivity contribution in [2.75, 3.05) is 26.2 Å². The molecule has 0 saturated carbocycles. The molecule has 1 aliphatic heterocycles. The second-order valence-corrected chi connectivity index (χ2v) is 4.66. The number of hydrogen-bond acceptors (Lipinski definition) is 5. The Hall–Kier alpha value is -1.59. The SMILES string of the molecule is CCOc1ccc(OC(=O)CN2CC[C@@H](N)C2)cc1. The molecule has 2 N–H and O–H groups in total. The maximum absolute atomic E-state index is 11.7. The van der Waals surface area contributed by atoms with Crippen LogP contribution in [-0.2, 0) is 4.79 Å². The number of esters is 1. The van der Waals surface area contributed by atoms with Crippen molar-refractivity contribution in [1.82, 2.24) is 4.90 Å². The average Bonchev–Trinajstić information content (AvgIpc) is 2.77. The molecule has 0 bridgehead atoms. The minimum absolute atomic E-state index is 0.179. The molecular weight excluding hydrogens is 244 g/mol. The zero-order valence-electron chi connectivity index (χ0n) is 11.2. The maximum Gasteiger partial charge on any atom is 0.325 e. The molecule has 1 aromatic rings. The van der Waals surface area contributed by atoms with Crippen molar-refractivity contribution in [2.45, 2.75) is 19.4 Å². The minimum Gasteiger partial charge on any atom is -0.494 e. The molecule has 1 aliphatic rings. The summed E-state index contributed by atoms with van der Waals surface area (Å²) < 4.78 is 10.6. The number of carbonyl (C=O) groups is 1. The van der Waals surface area contributed by atoms with Gasteiger partial charge in [0.2, 0.25) is 0 Å². The third-order valence-corrected chi connectivity index (χ3v) is 3.03. The van der Waals surface area contributed by atoms with E-state index >= 15 is 0 Å². The molecule has 104 valence electrons. The summed E-state index contributed by atoms with van der Waals surface area (Å²) in [7, 11) is 0. The monoisotopic (exact) mass is 264 g/mol. The third-order valence-electron chi connectivity index (χ3n) is 3.03. The van der Waals surface area contributed by atoms with Crippen LogP contribution < -0.4 is 15.2 Å². The lowest BCUT2D eigenvalue weighted by molar-refractivity contribution is -0.135. The van der Waals surface area contributed by atoms with E-state index < -0.39 is 0 Å². The topological polar surface area (TPSA) is 64.8 Å². The number of ether oxygens (including phenoxy) is 2. The Bertz CT molecular complexity index is 419. The summed E-state index contributed by atoms with van der Waals surface area (Å²) in [6.07, 6.45) is 0.941. The van der Waals surface area contributed by atoms with E-state index in [0.717, 1.165) is 25.3 Å². The fourth-order valence-electron chi connectivity index (χ4n) is 2.12. The molecular formula is C14H20N2O3. The molecule has 0 aliphatic carbocycles. The predicted octanol–water partition coefficient (Wildman–Crippen LogP) is 1.02. The van der Waals surface area contributed by atoms with Crippen molar-refractivity contribution in [3.8, 4) is 11.5 Å². The van der Waals surface area contributed by atoms with E-state index in [0.29, 0.717) is 18.9 Å². The average molecular weight is 264 g/mol. The highest BCUT2D eigenvalue weighted by Crippen LogP contribution is 2.18. The smallest absolute Gasteiger partial charge is 0.325 e. The minimum atomic E-state index is -0.252. The molecule has 1 aromatic carbocycles. The van der Waals surface area contributed by atoms with Crippen molar-refractivity contribution >= 4 is 5.97 Å². The van der Waals surface area contributed by atoms with Crippen molar-refractivity contribution in [3.63, 3.8) is 0 Å². The number of carbonyl (C=O) groups excluding carboxylic acids is 1. The second-order valence-electron chi connectivity index (χ2n) is 4.66. The number of hydrogen-bond donors (Lipinski definition) is 1. The molecule has 2 rings (SSSR count). The lowest BCUT2D eigenvalue weighted by atomic mass is 10.3. The van der Waals surface area contributed by atoms with E-state index in [-0.39, 0.29) is 12.0 Å². The highest BCUT2D eigenvalue weighted by atomic mass is 16.5. The lowest BCUT2D eigenvalue weighted by Gasteiger charge is -2.14. The Morgan fingerprint density at radius 1 is 1.37 bits per heavy atom. The molecule has 0 unspecified atom stereocenters. The van der Waals surface area contributed by atoms with Crippen molar-refractivity contribution < 1.29 is 14.3 Å². The van der Waals surface area contributed by atoms with Crippen LogP contribution in [0, 0.1) is 0 Å². The number of benzene rings is 1. The quantitative estimate of drug-likeness (QED) is 0.635. The van der Waals surface area contributed by atoms with Crippen LogP contribution in [0.5, 0.6) is 11.5 Å². The van der Waals surface area contributed by atoms with Gasteiger partial charge in [0.05, 0.1) is 13.2 Å². The summed E-state index contributed by atoms with van der Waals surface area (Å²) in [5.74, 6) is 1.06. The Morgan fingerprint density at radius 3 is 2.63 bits per heavy atom.